The molecule has 1 aliphatic rings. The zero-order valence-electron chi connectivity index (χ0n) is 12.1. The molecule has 1 fully saturated rings. The maximum Gasteiger partial charge on any atom is 0.255 e. The van der Waals surface area contributed by atoms with Gasteiger partial charge < -0.3 is 10.0 Å². The summed E-state index contributed by atoms with van der Waals surface area (Å²) in [5.41, 5.74) is 0.740. The van der Waals surface area contributed by atoms with E-state index < -0.39 is 0 Å². The second-order valence-electron chi connectivity index (χ2n) is 5.32. The van der Waals surface area contributed by atoms with Gasteiger partial charge in [-0.1, -0.05) is 11.8 Å². The lowest BCUT2D eigenvalue weighted by molar-refractivity contribution is 0.0511. The number of thiophene rings is 1. The normalized spacial score (nSPS) is 22.2. The van der Waals surface area contributed by atoms with Crippen molar-refractivity contribution in [1.29, 1.82) is 0 Å². The van der Waals surface area contributed by atoms with Crippen molar-refractivity contribution in [1.82, 2.24) is 4.90 Å². The van der Waals surface area contributed by atoms with E-state index in [1.54, 1.807) is 0 Å². The average molecular weight is 291 g/mol. The van der Waals surface area contributed by atoms with E-state index in [-0.39, 0.29) is 12.5 Å². The quantitative estimate of drug-likeness (QED) is 0.851. The van der Waals surface area contributed by atoms with Crippen LogP contribution < -0.4 is 0 Å². The number of piperidine rings is 1. The van der Waals surface area contributed by atoms with Crippen molar-refractivity contribution < 1.29 is 9.90 Å². The second-order valence-corrected chi connectivity index (χ2v) is 6.23. The fraction of sp³-hybridized carbons (Fsp3) is 0.562. The van der Waals surface area contributed by atoms with Crippen LogP contribution in [0.15, 0.2) is 11.4 Å². The average Bonchev–Trinajstić information content (AvgIpc) is 2.87. The van der Waals surface area contributed by atoms with Crippen molar-refractivity contribution in [2.24, 2.45) is 0 Å². The Morgan fingerprint density at radius 3 is 2.80 bits per heavy atom. The molecule has 0 saturated carbocycles. The number of hydrogen-bond donors (Lipinski definition) is 1. The van der Waals surface area contributed by atoms with Crippen LogP contribution in [-0.2, 0) is 0 Å². The van der Waals surface area contributed by atoms with Gasteiger partial charge in [-0.2, -0.15) is 0 Å². The van der Waals surface area contributed by atoms with E-state index in [1.165, 1.54) is 17.8 Å². The standard InChI is InChI=1S/C16H21NO2S/c1-12-6-5-7-13(2)17(12)16(19)14-10-15(20-11-14)8-3-4-9-18/h10-13,18H,4-7,9H2,1-2H3. The minimum Gasteiger partial charge on any atom is -0.395 e. The van der Waals surface area contributed by atoms with Gasteiger partial charge in [0.2, 0.25) is 0 Å². The van der Waals surface area contributed by atoms with Gasteiger partial charge in [-0.25, -0.2) is 0 Å². The third-order valence-electron chi connectivity index (χ3n) is 3.72. The number of aliphatic hydroxyl groups is 1. The first kappa shape index (κ1) is 15.1. The van der Waals surface area contributed by atoms with Crippen LogP contribution in [0.2, 0.25) is 0 Å². The SMILES string of the molecule is CC1CCCC(C)N1C(=O)c1csc(C#CCCO)c1. The summed E-state index contributed by atoms with van der Waals surface area (Å²) in [5, 5.41) is 10.6. The molecule has 0 radical (unpaired) electrons. The van der Waals surface area contributed by atoms with Crippen LogP contribution in [-0.4, -0.2) is 34.6 Å². The van der Waals surface area contributed by atoms with Crippen LogP contribution in [0.5, 0.6) is 0 Å². The summed E-state index contributed by atoms with van der Waals surface area (Å²) >= 11 is 1.49. The lowest BCUT2D eigenvalue weighted by atomic mass is 9.97. The van der Waals surface area contributed by atoms with Gasteiger partial charge in [0.15, 0.2) is 0 Å². The lowest BCUT2D eigenvalue weighted by Gasteiger charge is -2.38. The van der Waals surface area contributed by atoms with Gasteiger partial charge in [0.1, 0.15) is 0 Å². The van der Waals surface area contributed by atoms with Crippen LogP contribution in [0.4, 0.5) is 0 Å². The molecule has 1 saturated heterocycles. The minimum atomic E-state index is 0.0764. The fourth-order valence-electron chi connectivity index (χ4n) is 2.69. The molecule has 0 aliphatic carbocycles. The maximum atomic E-state index is 12.6. The molecule has 2 heterocycles. The predicted molar refractivity (Wildman–Crippen MR) is 81.8 cm³/mol. The molecule has 108 valence electrons. The van der Waals surface area contributed by atoms with Crippen molar-refractivity contribution in [3.05, 3.63) is 21.9 Å². The summed E-state index contributed by atoms with van der Waals surface area (Å²) in [4.78, 5) is 15.5. The molecule has 1 amide bonds. The van der Waals surface area contributed by atoms with Gasteiger partial charge in [-0.3, -0.25) is 4.79 Å². The zero-order chi connectivity index (χ0) is 14.5. The van der Waals surface area contributed by atoms with E-state index in [4.69, 9.17) is 5.11 Å². The zero-order valence-corrected chi connectivity index (χ0v) is 12.9. The molecule has 0 aromatic carbocycles. The summed E-state index contributed by atoms with van der Waals surface area (Å²) < 4.78 is 0. The Kier molecular flexibility index (Phi) is 5.22. The van der Waals surface area contributed by atoms with Crippen molar-refractivity contribution in [3.8, 4) is 11.8 Å². The van der Waals surface area contributed by atoms with Gasteiger partial charge in [-0.15, -0.1) is 11.3 Å². The number of carbonyl (C=O) groups excluding carboxylic acids is 1. The van der Waals surface area contributed by atoms with Gasteiger partial charge in [0, 0.05) is 23.9 Å². The number of carbonyl (C=O) groups is 1. The monoisotopic (exact) mass is 291 g/mol. The van der Waals surface area contributed by atoms with Crippen LogP contribution >= 0.6 is 11.3 Å². The van der Waals surface area contributed by atoms with E-state index in [0.29, 0.717) is 18.5 Å². The van der Waals surface area contributed by atoms with E-state index in [1.807, 2.05) is 16.3 Å². The Morgan fingerprint density at radius 1 is 1.45 bits per heavy atom. The highest BCUT2D eigenvalue weighted by molar-refractivity contribution is 7.10. The summed E-state index contributed by atoms with van der Waals surface area (Å²) in [7, 11) is 0. The molecule has 0 spiro atoms. The molecule has 1 aliphatic heterocycles. The Bertz CT molecular complexity index is 516. The molecule has 1 aromatic rings. The molecule has 2 unspecified atom stereocenters. The largest absolute Gasteiger partial charge is 0.395 e. The summed E-state index contributed by atoms with van der Waals surface area (Å²) in [6.45, 7) is 4.33. The predicted octanol–water partition coefficient (Wildman–Crippen LogP) is 2.89. The highest BCUT2D eigenvalue weighted by Gasteiger charge is 2.29. The Hall–Kier alpha value is -1.31. The van der Waals surface area contributed by atoms with Crippen molar-refractivity contribution in [2.75, 3.05) is 6.61 Å². The fourth-order valence-corrected chi connectivity index (χ4v) is 3.44. The molecule has 2 rings (SSSR count). The molecule has 1 aromatic heterocycles. The Balaban J connectivity index is 2.11. The first-order valence-corrected chi connectivity index (χ1v) is 8.02. The van der Waals surface area contributed by atoms with Crippen LogP contribution in [0.25, 0.3) is 0 Å². The van der Waals surface area contributed by atoms with Gasteiger partial charge in [0.05, 0.1) is 17.0 Å². The number of aliphatic hydroxyl groups excluding tert-OH is 1. The number of amides is 1. The molecule has 2 atom stereocenters. The van der Waals surface area contributed by atoms with E-state index in [2.05, 4.69) is 25.7 Å². The Morgan fingerprint density at radius 2 is 2.15 bits per heavy atom. The van der Waals surface area contributed by atoms with Gasteiger partial charge in [0.25, 0.3) is 5.91 Å². The summed E-state index contributed by atoms with van der Waals surface area (Å²) in [6, 6.07) is 2.50. The van der Waals surface area contributed by atoms with Crippen molar-refractivity contribution in [3.63, 3.8) is 0 Å². The maximum absolute atomic E-state index is 12.6. The number of likely N-dealkylation sites (tertiary alicyclic amines) is 1. The van der Waals surface area contributed by atoms with Crippen LogP contribution in [0.3, 0.4) is 0 Å². The first-order valence-electron chi connectivity index (χ1n) is 7.14. The van der Waals surface area contributed by atoms with Crippen molar-refractivity contribution >= 4 is 17.2 Å². The molecule has 4 heteroatoms. The van der Waals surface area contributed by atoms with E-state index >= 15 is 0 Å². The summed E-state index contributed by atoms with van der Waals surface area (Å²) in [5.74, 6) is 5.99. The highest BCUT2D eigenvalue weighted by Crippen LogP contribution is 2.26. The topological polar surface area (TPSA) is 40.5 Å². The van der Waals surface area contributed by atoms with Crippen LogP contribution in [0, 0.1) is 11.8 Å². The number of hydrogen-bond acceptors (Lipinski definition) is 3. The number of nitrogens with zero attached hydrogens (tertiary/aromatic N) is 1. The molecule has 0 bridgehead atoms. The molecular formula is C16H21NO2S. The molecule has 20 heavy (non-hydrogen) atoms. The minimum absolute atomic E-state index is 0.0764. The molecular weight excluding hydrogens is 270 g/mol. The van der Waals surface area contributed by atoms with Crippen LogP contribution in [0.1, 0.15) is 54.8 Å². The van der Waals surface area contributed by atoms with E-state index in [0.717, 1.165) is 23.3 Å². The third kappa shape index (κ3) is 3.41. The highest BCUT2D eigenvalue weighted by atomic mass is 32.1. The first-order chi connectivity index (χ1) is 9.63. The van der Waals surface area contributed by atoms with Crippen molar-refractivity contribution in [2.45, 2.75) is 51.6 Å². The third-order valence-corrected chi connectivity index (χ3v) is 4.57. The smallest absolute Gasteiger partial charge is 0.255 e. The Labute approximate surface area is 124 Å². The molecule has 1 N–H and O–H groups in total. The summed E-state index contributed by atoms with van der Waals surface area (Å²) in [6.07, 6.45) is 3.85. The lowest BCUT2D eigenvalue weighted by Crippen LogP contribution is -2.47. The second kappa shape index (κ2) is 6.92. The van der Waals surface area contributed by atoms with Gasteiger partial charge >= 0.3 is 0 Å². The van der Waals surface area contributed by atoms with Gasteiger partial charge in [-0.05, 0) is 39.2 Å². The van der Waals surface area contributed by atoms with E-state index in [9.17, 15) is 4.79 Å². The molecule has 3 nitrogen and oxygen atoms in total. The number of rotatable bonds is 2.